The zero-order valence-electron chi connectivity index (χ0n) is 10.1. The number of ether oxygens (including phenoxy) is 2. The predicted octanol–water partition coefficient (Wildman–Crippen LogP) is 3.64. The van der Waals surface area contributed by atoms with Gasteiger partial charge >= 0.3 is 0 Å². The van der Waals surface area contributed by atoms with Gasteiger partial charge in [-0.3, -0.25) is 0 Å². The van der Waals surface area contributed by atoms with Gasteiger partial charge in [-0.25, -0.2) is 0 Å². The van der Waals surface area contributed by atoms with Crippen LogP contribution in [0, 0.1) is 0 Å². The lowest BCUT2D eigenvalue weighted by Gasteiger charge is -2.14. The number of rotatable bonds is 2. The molecule has 19 heavy (non-hydrogen) atoms. The summed E-state index contributed by atoms with van der Waals surface area (Å²) in [6, 6.07) is 5.43. The van der Waals surface area contributed by atoms with Gasteiger partial charge < -0.3 is 14.6 Å². The highest BCUT2D eigenvalue weighted by Gasteiger charge is 2.19. The maximum atomic E-state index is 10.3. The molecular weight excluding hydrogens is 284 g/mol. The number of halogens is 1. The molecule has 0 saturated carbocycles. The van der Waals surface area contributed by atoms with E-state index in [1.54, 1.807) is 23.5 Å². The first-order valence-corrected chi connectivity index (χ1v) is 7.37. The predicted molar refractivity (Wildman–Crippen MR) is 75.4 cm³/mol. The monoisotopic (exact) mass is 296 g/mol. The van der Waals surface area contributed by atoms with Gasteiger partial charge in [-0.2, -0.15) is 11.3 Å². The molecule has 3 rings (SSSR count). The zero-order chi connectivity index (χ0) is 13.2. The second-order valence-corrected chi connectivity index (χ2v) is 5.53. The summed E-state index contributed by atoms with van der Waals surface area (Å²) in [5.74, 6) is 1.18. The van der Waals surface area contributed by atoms with Crippen molar-refractivity contribution in [1.29, 1.82) is 0 Å². The summed E-state index contributed by atoms with van der Waals surface area (Å²) in [6.07, 6.45) is 0.133. The Kier molecular flexibility index (Phi) is 3.64. The van der Waals surface area contributed by atoms with E-state index in [1.165, 1.54) is 0 Å². The van der Waals surface area contributed by atoms with E-state index in [4.69, 9.17) is 21.1 Å². The molecule has 0 fully saturated rings. The van der Waals surface area contributed by atoms with Gasteiger partial charge in [0.2, 0.25) is 0 Å². The van der Waals surface area contributed by atoms with Crippen molar-refractivity contribution >= 4 is 22.9 Å². The number of aliphatic hydroxyl groups is 1. The Morgan fingerprint density at radius 1 is 1.21 bits per heavy atom. The molecule has 100 valence electrons. The summed E-state index contributed by atoms with van der Waals surface area (Å²) in [5, 5.41) is 14.7. The third-order valence-electron chi connectivity index (χ3n) is 3.00. The lowest BCUT2D eigenvalue weighted by atomic mass is 10.0. The van der Waals surface area contributed by atoms with Gasteiger partial charge in [0.15, 0.2) is 11.5 Å². The van der Waals surface area contributed by atoms with Crippen LogP contribution in [0.3, 0.4) is 0 Å². The average Bonchev–Trinajstić information content (AvgIpc) is 2.83. The van der Waals surface area contributed by atoms with E-state index in [1.807, 2.05) is 16.8 Å². The Balaban J connectivity index is 1.99. The van der Waals surface area contributed by atoms with Gasteiger partial charge in [-0.1, -0.05) is 11.6 Å². The number of hydrogen-bond acceptors (Lipinski definition) is 4. The molecule has 2 heterocycles. The molecule has 0 amide bonds. The van der Waals surface area contributed by atoms with Crippen LogP contribution < -0.4 is 9.47 Å². The van der Waals surface area contributed by atoms with E-state index in [-0.39, 0.29) is 0 Å². The highest BCUT2D eigenvalue weighted by molar-refractivity contribution is 7.07. The molecule has 0 aliphatic carbocycles. The Hall–Kier alpha value is -1.23. The van der Waals surface area contributed by atoms with Crippen molar-refractivity contribution in [3.8, 4) is 11.5 Å². The second kappa shape index (κ2) is 5.41. The Morgan fingerprint density at radius 3 is 2.84 bits per heavy atom. The van der Waals surface area contributed by atoms with Crippen molar-refractivity contribution in [2.75, 3.05) is 13.2 Å². The number of aliphatic hydroxyl groups excluding tert-OH is 1. The van der Waals surface area contributed by atoms with Gasteiger partial charge in [-0.05, 0) is 40.1 Å². The number of thiophene rings is 1. The molecule has 1 atom stereocenters. The quantitative estimate of drug-likeness (QED) is 0.919. The summed E-state index contributed by atoms with van der Waals surface area (Å²) in [7, 11) is 0. The first kappa shape index (κ1) is 12.8. The van der Waals surface area contributed by atoms with Crippen LogP contribution in [0.4, 0.5) is 0 Å². The van der Waals surface area contributed by atoms with E-state index in [0.717, 1.165) is 12.0 Å². The number of benzene rings is 1. The highest BCUT2D eigenvalue weighted by Crippen LogP contribution is 2.40. The molecule has 1 unspecified atom stereocenters. The molecule has 2 aromatic rings. The van der Waals surface area contributed by atoms with Crippen molar-refractivity contribution in [3.05, 3.63) is 45.1 Å². The minimum absolute atomic E-state index is 0.476. The topological polar surface area (TPSA) is 38.7 Å². The normalized spacial score (nSPS) is 15.9. The van der Waals surface area contributed by atoms with E-state index >= 15 is 0 Å². The fourth-order valence-electron chi connectivity index (χ4n) is 2.03. The molecule has 1 aromatic carbocycles. The van der Waals surface area contributed by atoms with Gasteiger partial charge in [0.05, 0.1) is 18.2 Å². The molecule has 0 bridgehead atoms. The largest absolute Gasteiger partial charge is 0.489 e. The summed E-state index contributed by atoms with van der Waals surface area (Å²) >= 11 is 7.76. The van der Waals surface area contributed by atoms with Crippen LogP contribution in [-0.4, -0.2) is 18.3 Å². The fraction of sp³-hybridized carbons (Fsp3) is 0.286. The summed E-state index contributed by atoms with van der Waals surface area (Å²) in [5.41, 5.74) is 1.57. The lowest BCUT2D eigenvalue weighted by molar-refractivity contribution is 0.220. The van der Waals surface area contributed by atoms with Crippen LogP contribution >= 0.6 is 22.9 Å². The standard InChI is InChI=1S/C14H13ClO3S/c15-11-6-10(13(16)9-2-5-19-8-9)7-12-14(11)18-4-1-3-17-12/h2,5-8,13,16H,1,3-4H2. The van der Waals surface area contributed by atoms with Gasteiger partial charge in [0.1, 0.15) is 6.10 Å². The fourth-order valence-corrected chi connectivity index (χ4v) is 2.98. The molecule has 0 spiro atoms. The molecule has 1 aliphatic heterocycles. The third-order valence-corrected chi connectivity index (χ3v) is 3.98. The lowest BCUT2D eigenvalue weighted by Crippen LogP contribution is -2.00. The molecule has 1 N–H and O–H groups in total. The van der Waals surface area contributed by atoms with Crippen molar-refractivity contribution in [3.63, 3.8) is 0 Å². The van der Waals surface area contributed by atoms with Crippen molar-refractivity contribution in [2.45, 2.75) is 12.5 Å². The molecule has 1 aromatic heterocycles. The molecule has 0 saturated heterocycles. The van der Waals surface area contributed by atoms with Crippen LogP contribution in [0.1, 0.15) is 23.7 Å². The smallest absolute Gasteiger partial charge is 0.179 e. The first-order chi connectivity index (χ1) is 9.25. The maximum absolute atomic E-state index is 10.3. The van der Waals surface area contributed by atoms with Crippen LogP contribution in [0.15, 0.2) is 29.0 Å². The third kappa shape index (κ3) is 2.56. The minimum atomic E-state index is -0.694. The van der Waals surface area contributed by atoms with Crippen molar-refractivity contribution < 1.29 is 14.6 Å². The number of fused-ring (bicyclic) bond motifs is 1. The van der Waals surface area contributed by atoms with E-state index in [9.17, 15) is 5.11 Å². The highest BCUT2D eigenvalue weighted by atomic mass is 35.5. The molecular formula is C14H13ClO3S. The minimum Gasteiger partial charge on any atom is -0.489 e. The van der Waals surface area contributed by atoms with Crippen LogP contribution in [0.2, 0.25) is 5.02 Å². The van der Waals surface area contributed by atoms with Crippen molar-refractivity contribution in [1.82, 2.24) is 0 Å². The van der Waals surface area contributed by atoms with Crippen LogP contribution in [0.25, 0.3) is 0 Å². The van der Waals surface area contributed by atoms with Crippen molar-refractivity contribution in [2.24, 2.45) is 0 Å². The number of hydrogen-bond donors (Lipinski definition) is 1. The molecule has 5 heteroatoms. The molecule has 0 radical (unpaired) electrons. The second-order valence-electron chi connectivity index (χ2n) is 4.34. The zero-order valence-corrected chi connectivity index (χ0v) is 11.7. The van der Waals surface area contributed by atoms with Crippen LogP contribution in [-0.2, 0) is 0 Å². The Bertz CT molecular complexity index is 568. The summed E-state index contributed by atoms with van der Waals surface area (Å²) < 4.78 is 11.2. The Morgan fingerprint density at radius 2 is 2.05 bits per heavy atom. The SMILES string of the molecule is OC(c1ccsc1)c1cc(Cl)c2c(c1)OCCCO2. The van der Waals surface area contributed by atoms with E-state index in [0.29, 0.717) is 35.3 Å². The van der Waals surface area contributed by atoms with Crippen LogP contribution in [0.5, 0.6) is 11.5 Å². The van der Waals surface area contributed by atoms with Gasteiger partial charge in [0.25, 0.3) is 0 Å². The average molecular weight is 297 g/mol. The van der Waals surface area contributed by atoms with Gasteiger partial charge in [-0.15, -0.1) is 0 Å². The molecule has 3 nitrogen and oxygen atoms in total. The maximum Gasteiger partial charge on any atom is 0.179 e. The van der Waals surface area contributed by atoms with E-state index < -0.39 is 6.10 Å². The first-order valence-electron chi connectivity index (χ1n) is 6.05. The summed E-state index contributed by atoms with van der Waals surface area (Å²) in [4.78, 5) is 0. The summed E-state index contributed by atoms with van der Waals surface area (Å²) in [6.45, 7) is 1.19. The van der Waals surface area contributed by atoms with Gasteiger partial charge in [0, 0.05) is 6.42 Å². The molecule has 1 aliphatic rings. The van der Waals surface area contributed by atoms with E-state index in [2.05, 4.69) is 0 Å². The Labute approximate surface area is 120 Å².